The topological polar surface area (TPSA) is 26.0 Å². The molecule has 16 heavy (non-hydrogen) atoms. The monoisotopic (exact) mass is 211 g/mol. The molecule has 0 aromatic heterocycles. The Morgan fingerprint density at radius 1 is 0.938 bits per heavy atom. The molecule has 0 aliphatic rings. The standard InChI is InChI=1S/C15H17N/c1-11-4-3-5-13(8-11)15-9-12(2)6-7-14(15)10-16/h3-9H,10,16H2,1-2H3. The molecule has 0 unspecified atom stereocenters. The summed E-state index contributed by atoms with van der Waals surface area (Å²) in [5, 5.41) is 0. The van der Waals surface area contributed by atoms with E-state index in [1.165, 1.54) is 27.8 Å². The van der Waals surface area contributed by atoms with Crippen LogP contribution in [-0.4, -0.2) is 0 Å². The van der Waals surface area contributed by atoms with Crippen molar-refractivity contribution >= 4 is 0 Å². The predicted octanol–water partition coefficient (Wildman–Crippen LogP) is 3.43. The van der Waals surface area contributed by atoms with Crippen molar-refractivity contribution in [1.29, 1.82) is 0 Å². The highest BCUT2D eigenvalue weighted by Gasteiger charge is 2.04. The third-order valence-corrected chi connectivity index (χ3v) is 2.81. The van der Waals surface area contributed by atoms with Gasteiger partial charge < -0.3 is 5.73 Å². The predicted molar refractivity (Wildman–Crippen MR) is 69.2 cm³/mol. The van der Waals surface area contributed by atoms with Crippen LogP contribution < -0.4 is 5.73 Å². The third-order valence-electron chi connectivity index (χ3n) is 2.81. The van der Waals surface area contributed by atoms with E-state index in [-0.39, 0.29) is 0 Å². The smallest absolute Gasteiger partial charge is 0.0184 e. The molecule has 0 saturated heterocycles. The van der Waals surface area contributed by atoms with E-state index in [9.17, 15) is 0 Å². The maximum Gasteiger partial charge on any atom is 0.0184 e. The fourth-order valence-electron chi connectivity index (χ4n) is 1.95. The summed E-state index contributed by atoms with van der Waals surface area (Å²) >= 11 is 0. The first-order chi connectivity index (χ1) is 7.70. The largest absolute Gasteiger partial charge is 0.326 e. The van der Waals surface area contributed by atoms with E-state index in [1.54, 1.807) is 0 Å². The molecule has 0 bridgehead atoms. The van der Waals surface area contributed by atoms with Gasteiger partial charge in [-0.05, 0) is 30.5 Å². The summed E-state index contributed by atoms with van der Waals surface area (Å²) in [6, 6.07) is 15.0. The van der Waals surface area contributed by atoms with Crippen LogP contribution in [0.2, 0.25) is 0 Å². The molecule has 0 atom stereocenters. The van der Waals surface area contributed by atoms with Crippen LogP contribution in [0, 0.1) is 13.8 Å². The molecule has 1 heteroatoms. The normalized spacial score (nSPS) is 10.4. The number of aryl methyl sites for hydroxylation is 2. The molecule has 0 radical (unpaired) electrons. The highest BCUT2D eigenvalue weighted by Crippen LogP contribution is 2.25. The molecule has 0 aliphatic heterocycles. The van der Waals surface area contributed by atoms with Gasteiger partial charge >= 0.3 is 0 Å². The zero-order valence-electron chi connectivity index (χ0n) is 9.83. The lowest BCUT2D eigenvalue weighted by molar-refractivity contribution is 1.07. The van der Waals surface area contributed by atoms with Crippen molar-refractivity contribution in [2.75, 3.05) is 0 Å². The molecule has 2 aromatic carbocycles. The molecule has 2 aromatic rings. The van der Waals surface area contributed by atoms with E-state index >= 15 is 0 Å². The van der Waals surface area contributed by atoms with Gasteiger partial charge in [-0.25, -0.2) is 0 Å². The maximum absolute atomic E-state index is 5.78. The molecule has 0 spiro atoms. The third kappa shape index (κ3) is 2.15. The molecule has 2 N–H and O–H groups in total. The minimum absolute atomic E-state index is 0.587. The van der Waals surface area contributed by atoms with Gasteiger partial charge in [-0.1, -0.05) is 53.6 Å². The average molecular weight is 211 g/mol. The van der Waals surface area contributed by atoms with Gasteiger partial charge in [-0.2, -0.15) is 0 Å². The Hall–Kier alpha value is -1.60. The lowest BCUT2D eigenvalue weighted by Gasteiger charge is -2.10. The number of hydrogen-bond acceptors (Lipinski definition) is 1. The van der Waals surface area contributed by atoms with Crippen molar-refractivity contribution in [3.8, 4) is 11.1 Å². The quantitative estimate of drug-likeness (QED) is 0.809. The van der Waals surface area contributed by atoms with Crippen LogP contribution in [0.25, 0.3) is 11.1 Å². The zero-order valence-corrected chi connectivity index (χ0v) is 9.83. The summed E-state index contributed by atoms with van der Waals surface area (Å²) in [4.78, 5) is 0. The SMILES string of the molecule is Cc1cccc(-c2cc(C)ccc2CN)c1. The Morgan fingerprint density at radius 2 is 1.69 bits per heavy atom. The van der Waals surface area contributed by atoms with Crippen LogP contribution in [0.3, 0.4) is 0 Å². The summed E-state index contributed by atoms with van der Waals surface area (Å²) in [6.45, 7) is 4.81. The lowest BCUT2D eigenvalue weighted by atomic mass is 9.96. The molecular weight excluding hydrogens is 194 g/mol. The molecule has 0 fully saturated rings. The Kier molecular flexibility index (Phi) is 3.07. The van der Waals surface area contributed by atoms with Gasteiger partial charge in [0.25, 0.3) is 0 Å². The molecule has 2 rings (SSSR count). The van der Waals surface area contributed by atoms with Crippen molar-refractivity contribution in [2.24, 2.45) is 5.73 Å². The Labute approximate surface area is 96.9 Å². The van der Waals surface area contributed by atoms with Crippen LogP contribution in [0.5, 0.6) is 0 Å². The summed E-state index contributed by atoms with van der Waals surface area (Å²) in [7, 11) is 0. The number of rotatable bonds is 2. The van der Waals surface area contributed by atoms with E-state index in [1.807, 2.05) is 0 Å². The van der Waals surface area contributed by atoms with Crippen molar-refractivity contribution in [3.63, 3.8) is 0 Å². The fourth-order valence-corrected chi connectivity index (χ4v) is 1.95. The van der Waals surface area contributed by atoms with E-state index in [4.69, 9.17) is 5.73 Å². The van der Waals surface area contributed by atoms with Gasteiger partial charge in [0.2, 0.25) is 0 Å². The van der Waals surface area contributed by atoms with Crippen molar-refractivity contribution in [2.45, 2.75) is 20.4 Å². The number of hydrogen-bond donors (Lipinski definition) is 1. The van der Waals surface area contributed by atoms with Gasteiger partial charge in [0, 0.05) is 6.54 Å². The second-order valence-corrected chi connectivity index (χ2v) is 4.23. The van der Waals surface area contributed by atoms with Crippen LogP contribution in [0.4, 0.5) is 0 Å². The van der Waals surface area contributed by atoms with Gasteiger partial charge in [0.05, 0.1) is 0 Å². The molecule has 82 valence electrons. The fraction of sp³-hybridized carbons (Fsp3) is 0.200. The van der Waals surface area contributed by atoms with E-state index in [0.29, 0.717) is 6.54 Å². The highest BCUT2D eigenvalue weighted by atomic mass is 14.5. The summed E-state index contributed by atoms with van der Waals surface area (Å²) in [5.41, 5.74) is 12.0. The van der Waals surface area contributed by atoms with Crippen molar-refractivity contribution < 1.29 is 0 Å². The Bertz CT molecular complexity index is 501. The van der Waals surface area contributed by atoms with Crippen LogP contribution in [-0.2, 0) is 6.54 Å². The molecule has 0 saturated carbocycles. The van der Waals surface area contributed by atoms with Gasteiger partial charge in [0.1, 0.15) is 0 Å². The minimum atomic E-state index is 0.587. The van der Waals surface area contributed by atoms with Crippen LogP contribution >= 0.6 is 0 Å². The molecular formula is C15H17N. The highest BCUT2D eigenvalue weighted by molar-refractivity contribution is 5.68. The lowest BCUT2D eigenvalue weighted by Crippen LogP contribution is -1.99. The van der Waals surface area contributed by atoms with Crippen LogP contribution in [0.1, 0.15) is 16.7 Å². The van der Waals surface area contributed by atoms with Gasteiger partial charge in [0.15, 0.2) is 0 Å². The van der Waals surface area contributed by atoms with E-state index in [0.717, 1.165) is 0 Å². The number of benzene rings is 2. The number of nitrogens with two attached hydrogens (primary N) is 1. The summed E-state index contributed by atoms with van der Waals surface area (Å²) < 4.78 is 0. The van der Waals surface area contributed by atoms with E-state index in [2.05, 4.69) is 56.3 Å². The first-order valence-electron chi connectivity index (χ1n) is 5.57. The molecule has 0 aliphatic carbocycles. The summed E-state index contributed by atoms with van der Waals surface area (Å²) in [6.07, 6.45) is 0. The maximum atomic E-state index is 5.78. The average Bonchev–Trinajstić information content (AvgIpc) is 2.29. The van der Waals surface area contributed by atoms with Gasteiger partial charge in [-0.15, -0.1) is 0 Å². The second-order valence-electron chi connectivity index (χ2n) is 4.23. The first kappa shape index (κ1) is 10.9. The van der Waals surface area contributed by atoms with Crippen LogP contribution in [0.15, 0.2) is 42.5 Å². The molecule has 0 amide bonds. The second kappa shape index (κ2) is 4.50. The van der Waals surface area contributed by atoms with Gasteiger partial charge in [-0.3, -0.25) is 0 Å². The van der Waals surface area contributed by atoms with E-state index < -0.39 is 0 Å². The first-order valence-corrected chi connectivity index (χ1v) is 5.57. The molecule has 1 nitrogen and oxygen atoms in total. The Morgan fingerprint density at radius 3 is 2.38 bits per heavy atom. The molecule has 0 heterocycles. The Balaban J connectivity index is 2.58. The minimum Gasteiger partial charge on any atom is -0.326 e. The zero-order chi connectivity index (χ0) is 11.5. The van der Waals surface area contributed by atoms with Crippen molar-refractivity contribution in [3.05, 3.63) is 59.2 Å². The summed E-state index contributed by atoms with van der Waals surface area (Å²) in [5.74, 6) is 0. The van der Waals surface area contributed by atoms with Crippen molar-refractivity contribution in [1.82, 2.24) is 0 Å².